The van der Waals surface area contributed by atoms with Gasteiger partial charge in [-0.3, -0.25) is 0 Å². The van der Waals surface area contributed by atoms with Gasteiger partial charge in [0.05, 0.1) is 0 Å². The zero-order valence-corrected chi connectivity index (χ0v) is 41.4. The summed E-state index contributed by atoms with van der Waals surface area (Å²) in [5.74, 6) is 1.87. The minimum absolute atomic E-state index is 0.265. The topological polar surface area (TPSA) is 55.4 Å². The fourth-order valence-corrected chi connectivity index (χ4v) is 74.0. The van der Waals surface area contributed by atoms with E-state index >= 15 is 0 Å². The molecule has 0 aliphatic carbocycles. The molecule has 3 aliphatic heterocycles. The Morgan fingerprint density at radius 1 is 0.362 bits per heavy atom. The van der Waals surface area contributed by atoms with Gasteiger partial charge in [-0.15, -0.1) is 0 Å². The molecule has 3 saturated heterocycles. The molecule has 2 aromatic carbocycles. The molecule has 2 bridgehead atoms. The summed E-state index contributed by atoms with van der Waals surface area (Å²) in [5.41, 5.74) is 7.80. The normalized spacial score (nSPS) is 25.7. The van der Waals surface area contributed by atoms with Crippen molar-refractivity contribution in [3.05, 3.63) is 57.6 Å². The zero-order valence-electron chi connectivity index (χ0n) is 32.7. The fourth-order valence-electron chi connectivity index (χ4n) is 7.05. The van der Waals surface area contributed by atoms with Crippen LogP contribution in [0.25, 0.3) is 0 Å². The van der Waals surface area contributed by atoms with E-state index < -0.39 is 64.9 Å². The van der Waals surface area contributed by atoms with Gasteiger partial charge in [0, 0.05) is 0 Å². The van der Waals surface area contributed by atoms with Crippen LogP contribution >= 0.6 is 0 Å². The number of hydrogen-bond acceptors (Lipinski definition) is 6. The molecular formula is C36H64O6Si3Sn2. The van der Waals surface area contributed by atoms with Gasteiger partial charge in [0.2, 0.25) is 0 Å². The van der Waals surface area contributed by atoms with Gasteiger partial charge >= 0.3 is 304 Å². The molecule has 6 nitrogen and oxygen atoms in total. The van der Waals surface area contributed by atoms with Gasteiger partial charge in [-0.2, -0.15) is 0 Å². The van der Waals surface area contributed by atoms with E-state index in [1.165, 1.54) is 40.5 Å². The molecule has 0 spiro atoms. The molecule has 0 saturated carbocycles. The van der Waals surface area contributed by atoms with E-state index in [0.29, 0.717) is 11.8 Å². The van der Waals surface area contributed by atoms with E-state index in [-0.39, 0.29) is 23.7 Å². The second-order valence-electron chi connectivity index (χ2n) is 17.0. The maximum absolute atomic E-state index is 7.63. The SMILES string of the molecule is CC(C)c1cc(C(C)C)[c]([Sn]23[O][Si](C)(C)[O][Sn]([c]4c(C(C)C)cc(C(C)C)cc4C(C)C)([O][Si](C)(C)[O]2)[O][Si](C)(C)[O]3)c(C(C)C)c1. The van der Waals surface area contributed by atoms with Crippen LogP contribution in [0.15, 0.2) is 24.3 Å². The fraction of sp³-hybridized carbons (Fsp3) is 0.667. The minimum atomic E-state index is -4.78. The summed E-state index contributed by atoms with van der Waals surface area (Å²) in [4.78, 5) is 0. The van der Waals surface area contributed by atoms with Crippen molar-refractivity contribution < 1.29 is 16.6 Å². The van der Waals surface area contributed by atoms with Gasteiger partial charge in [-0.25, -0.2) is 0 Å². The van der Waals surface area contributed by atoms with Crippen molar-refractivity contribution in [2.45, 2.75) is 158 Å². The first-order valence-corrected chi connectivity index (χ1v) is 36.2. The van der Waals surface area contributed by atoms with Crippen molar-refractivity contribution >= 4 is 72.1 Å². The summed E-state index contributed by atoms with van der Waals surface area (Å²) in [6.07, 6.45) is 0. The predicted octanol–water partition coefficient (Wildman–Crippen LogP) is 9.65. The molecule has 47 heavy (non-hydrogen) atoms. The van der Waals surface area contributed by atoms with Gasteiger partial charge < -0.3 is 0 Å². The summed E-state index contributed by atoms with van der Waals surface area (Å²) in [6, 6.07) is 9.55. The van der Waals surface area contributed by atoms with Crippen LogP contribution in [0.1, 0.15) is 152 Å². The molecule has 0 amide bonds. The van der Waals surface area contributed by atoms with Crippen LogP contribution in [-0.2, 0) is 16.6 Å². The number of fused-ring (bicyclic) bond motifs is 6. The second-order valence-corrected chi connectivity index (χ2v) is 46.3. The molecule has 2 aromatic rings. The van der Waals surface area contributed by atoms with E-state index in [9.17, 15) is 0 Å². The van der Waals surface area contributed by atoms with Crippen molar-refractivity contribution in [3.8, 4) is 0 Å². The molecule has 0 N–H and O–H groups in total. The van der Waals surface area contributed by atoms with Gasteiger partial charge in [-0.05, 0) is 0 Å². The summed E-state index contributed by atoms with van der Waals surface area (Å²) < 4.78 is 48.1. The van der Waals surface area contributed by atoms with Crippen LogP contribution in [0.2, 0.25) is 39.3 Å². The first-order chi connectivity index (χ1) is 21.3. The Bertz CT molecular complexity index is 1250. The number of benzene rings is 2. The monoisotopic (exact) mass is 916 g/mol. The molecule has 0 atom stereocenters. The van der Waals surface area contributed by atoms with Crippen LogP contribution < -0.4 is 7.16 Å². The third kappa shape index (κ3) is 8.41. The molecule has 5 rings (SSSR count). The second kappa shape index (κ2) is 14.1. The van der Waals surface area contributed by atoms with Crippen molar-refractivity contribution in [1.29, 1.82) is 0 Å². The molecule has 3 aliphatic rings. The standard InChI is InChI=1S/2C15H23.3C2H6O2Si.2Sn/c2*1-10(2)13-7-14(11(3)4)9-15(8-13)12(5)6;3*1-5(2,3)4;;/h2*7-8,10-12H,1-6H3;3*1-2H3;;/q;;3*-2;2*+3. The van der Waals surface area contributed by atoms with Gasteiger partial charge in [0.25, 0.3) is 0 Å². The average molecular weight is 915 g/mol. The molecule has 3 fully saturated rings. The Kier molecular flexibility index (Phi) is 12.1. The molecule has 0 unspecified atom stereocenters. The Labute approximate surface area is 301 Å². The summed E-state index contributed by atoms with van der Waals surface area (Å²) in [6.45, 7) is 40.3. The van der Waals surface area contributed by atoms with Crippen molar-refractivity contribution in [3.63, 3.8) is 0 Å². The Morgan fingerprint density at radius 2 is 0.553 bits per heavy atom. The summed E-state index contributed by atoms with van der Waals surface area (Å²) in [7, 11) is -8.92. The third-order valence-corrected chi connectivity index (χ3v) is 59.6. The molecule has 0 radical (unpaired) electrons. The maximum atomic E-state index is 7.63. The molecular weight excluding hydrogens is 850 g/mol. The Morgan fingerprint density at radius 3 is 0.702 bits per heavy atom. The van der Waals surface area contributed by atoms with Crippen LogP contribution in [0, 0.1) is 0 Å². The summed E-state index contributed by atoms with van der Waals surface area (Å²) in [5, 5.41) is 0. The van der Waals surface area contributed by atoms with Crippen LogP contribution in [-0.4, -0.2) is 64.9 Å². The molecule has 0 aromatic heterocycles. The van der Waals surface area contributed by atoms with Crippen molar-refractivity contribution in [1.82, 2.24) is 0 Å². The molecule has 3 heterocycles. The van der Waals surface area contributed by atoms with Gasteiger partial charge in [0.15, 0.2) is 0 Å². The van der Waals surface area contributed by atoms with E-state index in [1.807, 2.05) is 0 Å². The number of rotatable bonds is 8. The van der Waals surface area contributed by atoms with E-state index in [2.05, 4.69) is 147 Å². The quantitative estimate of drug-likeness (QED) is 0.246. The van der Waals surface area contributed by atoms with Crippen LogP contribution in [0.4, 0.5) is 0 Å². The zero-order chi connectivity index (χ0) is 35.7. The number of hydrogen-bond donors (Lipinski definition) is 0. The molecule has 264 valence electrons. The van der Waals surface area contributed by atoms with Crippen molar-refractivity contribution in [2.24, 2.45) is 0 Å². The first kappa shape index (κ1) is 40.2. The van der Waals surface area contributed by atoms with Gasteiger partial charge in [0.1, 0.15) is 0 Å². The Balaban J connectivity index is 2.11. The third-order valence-electron chi connectivity index (χ3n) is 9.16. The van der Waals surface area contributed by atoms with Crippen molar-refractivity contribution in [2.75, 3.05) is 0 Å². The molecule has 11 heteroatoms. The Hall–Kier alpha value is 0.448. The van der Waals surface area contributed by atoms with Crippen LogP contribution in [0.3, 0.4) is 0 Å². The average Bonchev–Trinajstić information content (AvgIpc) is 2.87. The van der Waals surface area contributed by atoms with E-state index in [1.54, 1.807) is 0 Å². The predicted molar refractivity (Wildman–Crippen MR) is 207 cm³/mol. The van der Waals surface area contributed by atoms with E-state index in [0.717, 1.165) is 0 Å². The first-order valence-electron chi connectivity index (χ1n) is 17.9. The van der Waals surface area contributed by atoms with Gasteiger partial charge in [-0.1, -0.05) is 0 Å². The van der Waals surface area contributed by atoms with Crippen LogP contribution in [0.5, 0.6) is 0 Å². The summed E-state index contributed by atoms with van der Waals surface area (Å²) >= 11 is -9.55. The van der Waals surface area contributed by atoms with E-state index in [4.69, 9.17) is 16.6 Å².